The predicted molar refractivity (Wildman–Crippen MR) is 136 cm³/mol. The van der Waals surface area contributed by atoms with Gasteiger partial charge in [0.05, 0.1) is 18.2 Å². The standard InChI is InChI=1S/C29H29NO5/c1-5-14-35-24-13-9-21(15-19(24)4)27(32)25-26(20-7-11-23(31)12-8-20)30(29(34)28(25)33)22-10-6-17(2)18(3)16-22/h6-13,15-16,26,31-32H,5,14H2,1-4H3/b27-25+. The van der Waals surface area contributed by atoms with E-state index in [-0.39, 0.29) is 17.1 Å². The summed E-state index contributed by atoms with van der Waals surface area (Å²) in [6.07, 6.45) is 0.871. The molecule has 1 heterocycles. The number of phenolic OH excluding ortho intramolecular Hbond substituents is 1. The molecule has 0 aromatic heterocycles. The van der Waals surface area contributed by atoms with Crippen LogP contribution in [0.3, 0.4) is 0 Å². The minimum atomic E-state index is -0.853. The molecule has 0 aliphatic carbocycles. The Morgan fingerprint density at radius 3 is 2.26 bits per heavy atom. The van der Waals surface area contributed by atoms with Gasteiger partial charge in [0.2, 0.25) is 0 Å². The molecular formula is C29H29NO5. The Balaban J connectivity index is 1.88. The number of carbonyl (C=O) groups is 2. The van der Waals surface area contributed by atoms with Gasteiger partial charge in [-0.2, -0.15) is 0 Å². The van der Waals surface area contributed by atoms with Crippen LogP contribution in [0.2, 0.25) is 0 Å². The summed E-state index contributed by atoms with van der Waals surface area (Å²) in [5.41, 5.74) is 4.44. The molecule has 0 spiro atoms. The van der Waals surface area contributed by atoms with E-state index in [0.29, 0.717) is 29.2 Å². The van der Waals surface area contributed by atoms with Gasteiger partial charge < -0.3 is 14.9 Å². The first-order chi connectivity index (χ1) is 16.7. The zero-order chi connectivity index (χ0) is 25.3. The summed E-state index contributed by atoms with van der Waals surface area (Å²) in [5.74, 6) is -0.961. The zero-order valence-corrected chi connectivity index (χ0v) is 20.3. The second-order valence-electron chi connectivity index (χ2n) is 8.86. The van der Waals surface area contributed by atoms with Crippen LogP contribution in [0.1, 0.15) is 47.2 Å². The maximum absolute atomic E-state index is 13.3. The summed E-state index contributed by atoms with van der Waals surface area (Å²) < 4.78 is 5.73. The molecule has 4 rings (SSSR count). The molecule has 1 aliphatic heterocycles. The van der Waals surface area contributed by atoms with E-state index in [0.717, 1.165) is 23.1 Å². The highest BCUT2D eigenvalue weighted by Crippen LogP contribution is 2.43. The largest absolute Gasteiger partial charge is 0.508 e. The summed E-state index contributed by atoms with van der Waals surface area (Å²) >= 11 is 0. The molecule has 1 saturated heterocycles. The van der Waals surface area contributed by atoms with Crippen LogP contribution in [-0.2, 0) is 9.59 Å². The number of aromatic hydroxyl groups is 1. The minimum Gasteiger partial charge on any atom is -0.508 e. The number of Topliss-reactive ketones (excluding diaryl/α,β-unsaturated/α-hetero) is 1. The maximum atomic E-state index is 13.3. The van der Waals surface area contributed by atoms with Gasteiger partial charge >= 0.3 is 0 Å². The number of hydrogen-bond acceptors (Lipinski definition) is 5. The third-order valence-corrected chi connectivity index (χ3v) is 6.33. The Labute approximate surface area is 205 Å². The second-order valence-corrected chi connectivity index (χ2v) is 8.86. The molecule has 1 amide bonds. The molecule has 35 heavy (non-hydrogen) atoms. The first-order valence-corrected chi connectivity index (χ1v) is 11.6. The van der Waals surface area contributed by atoms with E-state index >= 15 is 0 Å². The van der Waals surface area contributed by atoms with Gasteiger partial charge in [0.25, 0.3) is 11.7 Å². The van der Waals surface area contributed by atoms with Crippen molar-refractivity contribution < 1.29 is 24.5 Å². The van der Waals surface area contributed by atoms with E-state index < -0.39 is 17.7 Å². The average molecular weight is 472 g/mol. The summed E-state index contributed by atoms with van der Waals surface area (Å²) in [5, 5.41) is 21.1. The van der Waals surface area contributed by atoms with Crippen molar-refractivity contribution in [3.8, 4) is 11.5 Å². The van der Waals surface area contributed by atoms with E-state index in [1.807, 2.05) is 39.8 Å². The Morgan fingerprint density at radius 1 is 0.914 bits per heavy atom. The van der Waals surface area contributed by atoms with Crippen molar-refractivity contribution in [2.24, 2.45) is 0 Å². The van der Waals surface area contributed by atoms with Crippen molar-refractivity contribution >= 4 is 23.1 Å². The molecule has 3 aromatic rings. The second kappa shape index (κ2) is 9.66. The van der Waals surface area contributed by atoms with Gasteiger partial charge in [0.1, 0.15) is 17.3 Å². The van der Waals surface area contributed by atoms with E-state index in [1.54, 1.807) is 36.4 Å². The fraction of sp³-hybridized carbons (Fsp3) is 0.241. The molecule has 6 heteroatoms. The number of ether oxygens (including phenoxy) is 1. The normalized spacial score (nSPS) is 17.1. The number of nitrogens with zero attached hydrogens (tertiary/aromatic N) is 1. The van der Waals surface area contributed by atoms with Crippen LogP contribution in [0.4, 0.5) is 5.69 Å². The number of amides is 1. The lowest BCUT2D eigenvalue weighted by Crippen LogP contribution is -2.29. The van der Waals surface area contributed by atoms with Gasteiger partial charge in [0.15, 0.2) is 0 Å². The van der Waals surface area contributed by atoms with E-state index in [4.69, 9.17) is 4.74 Å². The van der Waals surface area contributed by atoms with Crippen molar-refractivity contribution in [3.05, 3.63) is 94.1 Å². The number of aryl methyl sites for hydroxylation is 3. The average Bonchev–Trinajstić information content (AvgIpc) is 3.10. The highest BCUT2D eigenvalue weighted by Gasteiger charge is 2.47. The Kier molecular flexibility index (Phi) is 6.65. The van der Waals surface area contributed by atoms with Crippen molar-refractivity contribution in [1.82, 2.24) is 0 Å². The lowest BCUT2D eigenvalue weighted by Gasteiger charge is -2.26. The van der Waals surface area contributed by atoms with Gasteiger partial charge in [-0.25, -0.2) is 0 Å². The number of rotatable bonds is 6. The number of ketones is 1. The lowest BCUT2D eigenvalue weighted by atomic mass is 9.94. The van der Waals surface area contributed by atoms with E-state index in [9.17, 15) is 19.8 Å². The third-order valence-electron chi connectivity index (χ3n) is 6.33. The molecule has 180 valence electrons. The van der Waals surface area contributed by atoms with Crippen molar-refractivity contribution in [1.29, 1.82) is 0 Å². The van der Waals surface area contributed by atoms with Gasteiger partial charge in [-0.3, -0.25) is 14.5 Å². The van der Waals surface area contributed by atoms with Gasteiger partial charge in [-0.05, 0) is 91.9 Å². The van der Waals surface area contributed by atoms with Crippen molar-refractivity contribution in [2.75, 3.05) is 11.5 Å². The summed E-state index contributed by atoms with van der Waals surface area (Å²) in [6.45, 7) is 8.38. The molecule has 1 fully saturated rings. The summed E-state index contributed by atoms with van der Waals surface area (Å²) in [4.78, 5) is 28.0. The quantitative estimate of drug-likeness (QED) is 0.272. The van der Waals surface area contributed by atoms with Crippen LogP contribution in [0.25, 0.3) is 5.76 Å². The van der Waals surface area contributed by atoms with E-state index in [2.05, 4.69) is 0 Å². The number of anilines is 1. The third kappa shape index (κ3) is 4.52. The summed E-state index contributed by atoms with van der Waals surface area (Å²) in [6, 6.07) is 16.2. The Morgan fingerprint density at radius 2 is 1.63 bits per heavy atom. The highest BCUT2D eigenvalue weighted by atomic mass is 16.5. The predicted octanol–water partition coefficient (Wildman–Crippen LogP) is 5.73. The molecule has 3 aromatic carbocycles. The smallest absolute Gasteiger partial charge is 0.300 e. The molecule has 2 N–H and O–H groups in total. The lowest BCUT2D eigenvalue weighted by molar-refractivity contribution is -0.132. The van der Waals surface area contributed by atoms with Crippen molar-refractivity contribution in [3.63, 3.8) is 0 Å². The van der Waals surface area contributed by atoms with E-state index in [1.165, 1.54) is 17.0 Å². The molecule has 1 aliphatic rings. The number of aliphatic hydroxyl groups excluding tert-OH is 1. The monoisotopic (exact) mass is 471 g/mol. The van der Waals surface area contributed by atoms with Crippen LogP contribution in [-0.4, -0.2) is 28.5 Å². The first kappa shape index (κ1) is 24.1. The maximum Gasteiger partial charge on any atom is 0.300 e. The topological polar surface area (TPSA) is 87.1 Å². The first-order valence-electron chi connectivity index (χ1n) is 11.6. The molecule has 0 radical (unpaired) electrons. The van der Waals surface area contributed by atoms with Crippen LogP contribution in [0.5, 0.6) is 11.5 Å². The number of carbonyl (C=O) groups excluding carboxylic acids is 2. The molecular weight excluding hydrogens is 442 g/mol. The molecule has 0 saturated carbocycles. The molecule has 0 bridgehead atoms. The summed E-state index contributed by atoms with van der Waals surface area (Å²) in [7, 11) is 0. The molecule has 1 unspecified atom stereocenters. The van der Waals surface area contributed by atoms with Crippen LogP contribution < -0.4 is 9.64 Å². The fourth-order valence-electron chi connectivity index (χ4n) is 4.27. The van der Waals surface area contributed by atoms with Gasteiger partial charge in [-0.15, -0.1) is 0 Å². The SMILES string of the molecule is CCCOc1ccc(/C(O)=C2\C(=O)C(=O)N(c3ccc(C)c(C)c3)C2c2ccc(O)cc2)cc1C. The fourth-order valence-corrected chi connectivity index (χ4v) is 4.27. The number of hydrogen-bond donors (Lipinski definition) is 2. The van der Waals surface area contributed by atoms with Crippen molar-refractivity contribution in [2.45, 2.75) is 40.2 Å². The minimum absolute atomic E-state index is 0.000504. The Hall–Kier alpha value is -4.06. The Bertz CT molecular complexity index is 1320. The molecule has 6 nitrogen and oxygen atoms in total. The number of aliphatic hydroxyl groups is 1. The number of phenols is 1. The number of benzene rings is 3. The van der Waals surface area contributed by atoms with Crippen LogP contribution in [0.15, 0.2) is 66.2 Å². The molecule has 1 atom stereocenters. The van der Waals surface area contributed by atoms with Crippen LogP contribution in [0, 0.1) is 20.8 Å². The van der Waals surface area contributed by atoms with Gasteiger partial charge in [-0.1, -0.05) is 25.1 Å². The zero-order valence-electron chi connectivity index (χ0n) is 20.3. The van der Waals surface area contributed by atoms with Gasteiger partial charge in [0, 0.05) is 11.3 Å². The van der Waals surface area contributed by atoms with Crippen LogP contribution >= 0.6 is 0 Å². The highest BCUT2D eigenvalue weighted by molar-refractivity contribution is 6.51.